The van der Waals surface area contributed by atoms with E-state index < -0.39 is 6.04 Å². The van der Waals surface area contributed by atoms with Crippen molar-refractivity contribution < 1.29 is 23.4 Å². The molecule has 1 amide bonds. The van der Waals surface area contributed by atoms with Crippen LogP contribution in [0.2, 0.25) is 0 Å². The molecule has 0 saturated heterocycles. The minimum absolute atomic E-state index is 0.0962. The summed E-state index contributed by atoms with van der Waals surface area (Å²) in [6.07, 6.45) is 2.38. The van der Waals surface area contributed by atoms with E-state index in [1.807, 2.05) is 65.0 Å². The lowest BCUT2D eigenvalue weighted by molar-refractivity contribution is 0.0593. The summed E-state index contributed by atoms with van der Waals surface area (Å²) >= 11 is 0. The summed E-state index contributed by atoms with van der Waals surface area (Å²) in [6.45, 7) is 15.1. The molecule has 0 fully saturated rings. The van der Waals surface area contributed by atoms with Gasteiger partial charge in [0.2, 0.25) is 5.76 Å². The third kappa shape index (κ3) is 5.27. The summed E-state index contributed by atoms with van der Waals surface area (Å²) in [5.74, 6) is 0.918. The molecule has 0 radical (unpaired) electrons. The maximum absolute atomic E-state index is 13.9. The molecular weight excluding hydrogens is 470 g/mol. The summed E-state index contributed by atoms with van der Waals surface area (Å²) in [5.41, 5.74) is 3.15. The Kier molecular flexibility index (Phi) is 8.03. The van der Waals surface area contributed by atoms with Crippen LogP contribution in [-0.2, 0) is 4.74 Å². The smallest absolute Gasteiger partial charge is 0.290 e. The predicted octanol–water partition coefficient (Wildman–Crippen LogP) is 5.73. The second-order valence-corrected chi connectivity index (χ2v) is 9.54. The Labute approximate surface area is 217 Å². The summed E-state index contributed by atoms with van der Waals surface area (Å²) in [7, 11) is 0. The fourth-order valence-electron chi connectivity index (χ4n) is 4.88. The molecule has 3 aromatic rings. The van der Waals surface area contributed by atoms with Crippen molar-refractivity contribution in [1.29, 1.82) is 0 Å². The Morgan fingerprint density at radius 3 is 2.59 bits per heavy atom. The number of hydrogen-bond donors (Lipinski definition) is 0. The van der Waals surface area contributed by atoms with Crippen LogP contribution in [0.15, 0.2) is 52.2 Å². The molecule has 0 aliphatic carbocycles. The van der Waals surface area contributed by atoms with Crippen molar-refractivity contribution in [1.82, 2.24) is 4.90 Å². The number of rotatable bonds is 11. The van der Waals surface area contributed by atoms with Gasteiger partial charge in [0.25, 0.3) is 5.91 Å². The van der Waals surface area contributed by atoms with E-state index >= 15 is 0 Å². The first kappa shape index (κ1) is 26.5. The molecule has 0 saturated carbocycles. The number of ether oxygens (including phenoxy) is 3. The van der Waals surface area contributed by atoms with Crippen molar-refractivity contribution in [3.8, 4) is 11.5 Å². The number of carbonyl (C=O) groups is 1. The topological polar surface area (TPSA) is 78.2 Å². The maximum atomic E-state index is 13.9. The molecule has 2 aromatic carbocycles. The molecule has 0 bridgehead atoms. The minimum Gasteiger partial charge on any atom is -0.490 e. The fourth-order valence-corrected chi connectivity index (χ4v) is 4.88. The normalized spacial score (nSPS) is 14.9. The van der Waals surface area contributed by atoms with E-state index in [0.29, 0.717) is 60.8 Å². The van der Waals surface area contributed by atoms with E-state index in [1.165, 1.54) is 0 Å². The zero-order valence-electron chi connectivity index (χ0n) is 22.3. The number of carbonyl (C=O) groups excluding carboxylic acids is 1. The maximum Gasteiger partial charge on any atom is 0.290 e. The first-order valence-electron chi connectivity index (χ1n) is 12.8. The van der Waals surface area contributed by atoms with Gasteiger partial charge in [0, 0.05) is 13.2 Å². The van der Waals surface area contributed by atoms with E-state index in [0.717, 1.165) is 16.7 Å². The first-order valence-corrected chi connectivity index (χ1v) is 12.8. The third-order valence-electron chi connectivity index (χ3n) is 6.35. The van der Waals surface area contributed by atoms with Gasteiger partial charge in [0.15, 0.2) is 16.9 Å². The molecule has 196 valence electrons. The Morgan fingerprint density at radius 2 is 1.89 bits per heavy atom. The van der Waals surface area contributed by atoms with E-state index in [9.17, 15) is 9.59 Å². The molecule has 1 unspecified atom stereocenters. The largest absolute Gasteiger partial charge is 0.490 e. The summed E-state index contributed by atoms with van der Waals surface area (Å²) in [6, 6.07) is 8.68. The molecule has 1 aliphatic heterocycles. The molecule has 0 N–H and O–H groups in total. The van der Waals surface area contributed by atoms with Crippen LogP contribution in [0, 0.1) is 13.8 Å². The van der Waals surface area contributed by atoms with E-state index in [1.54, 1.807) is 11.0 Å². The van der Waals surface area contributed by atoms with Crippen LogP contribution in [0.5, 0.6) is 11.5 Å². The van der Waals surface area contributed by atoms with Crippen molar-refractivity contribution in [3.63, 3.8) is 0 Å². The number of aryl methyl sites for hydroxylation is 2. The molecule has 0 spiro atoms. The summed E-state index contributed by atoms with van der Waals surface area (Å²) in [4.78, 5) is 29.3. The third-order valence-corrected chi connectivity index (χ3v) is 6.35. The van der Waals surface area contributed by atoms with Crippen LogP contribution >= 0.6 is 0 Å². The highest BCUT2D eigenvalue weighted by Crippen LogP contribution is 2.41. The SMILES string of the molecule is C=CCOc1ccc(C2c3c(oc4cc(C)cc(C)c4c3=O)C(=O)N2CCCOC(C)C)cc1OCC. The van der Waals surface area contributed by atoms with Crippen LogP contribution in [0.25, 0.3) is 11.0 Å². The molecule has 37 heavy (non-hydrogen) atoms. The van der Waals surface area contributed by atoms with Crippen molar-refractivity contribution in [2.45, 2.75) is 53.2 Å². The van der Waals surface area contributed by atoms with Crippen LogP contribution < -0.4 is 14.9 Å². The Morgan fingerprint density at radius 1 is 1.11 bits per heavy atom. The van der Waals surface area contributed by atoms with Crippen LogP contribution in [0.4, 0.5) is 0 Å². The molecule has 1 atom stereocenters. The molecule has 4 rings (SSSR count). The Bertz CT molecular complexity index is 1370. The Hall–Kier alpha value is -3.58. The van der Waals surface area contributed by atoms with Gasteiger partial charge >= 0.3 is 0 Å². The van der Waals surface area contributed by atoms with Gasteiger partial charge in [0.1, 0.15) is 12.2 Å². The quantitative estimate of drug-likeness (QED) is 0.245. The van der Waals surface area contributed by atoms with Gasteiger partial charge in [-0.1, -0.05) is 24.8 Å². The highest BCUT2D eigenvalue weighted by molar-refractivity contribution is 5.99. The highest BCUT2D eigenvalue weighted by atomic mass is 16.5. The lowest BCUT2D eigenvalue weighted by atomic mass is 9.96. The molecule has 7 nitrogen and oxygen atoms in total. The van der Waals surface area contributed by atoms with Gasteiger partial charge in [-0.3, -0.25) is 9.59 Å². The summed E-state index contributed by atoms with van der Waals surface area (Å²) < 4.78 is 23.5. The molecule has 7 heteroatoms. The van der Waals surface area contributed by atoms with Gasteiger partial charge in [-0.05, 0) is 75.9 Å². The number of benzene rings is 2. The van der Waals surface area contributed by atoms with Gasteiger partial charge in [0.05, 0.1) is 29.7 Å². The summed E-state index contributed by atoms with van der Waals surface area (Å²) in [5, 5.41) is 0.503. The van der Waals surface area contributed by atoms with Crippen LogP contribution in [0.3, 0.4) is 0 Å². The number of amides is 1. The van der Waals surface area contributed by atoms with E-state index in [2.05, 4.69) is 6.58 Å². The predicted molar refractivity (Wildman–Crippen MR) is 144 cm³/mol. The van der Waals surface area contributed by atoms with Crippen molar-refractivity contribution in [2.24, 2.45) is 0 Å². The van der Waals surface area contributed by atoms with E-state index in [-0.39, 0.29) is 23.2 Å². The molecule has 1 aliphatic rings. The van der Waals surface area contributed by atoms with Gasteiger partial charge in [-0.15, -0.1) is 0 Å². The zero-order chi connectivity index (χ0) is 26.7. The minimum atomic E-state index is -0.615. The molecular formula is C30H35NO6. The standard InChI is InChI=1S/C30H35NO6/c1-7-13-36-22-11-10-21(17-23(22)34-8-2)27-26-28(32)25-20(6)15-19(5)16-24(25)37-29(26)30(33)31(27)12-9-14-35-18(3)4/h7,10-11,15-18,27H,1,8-9,12-14H2,2-6H3. The second-order valence-electron chi connectivity index (χ2n) is 9.54. The van der Waals surface area contributed by atoms with Gasteiger partial charge in [-0.25, -0.2) is 0 Å². The molecule has 2 heterocycles. The number of fused-ring (bicyclic) bond motifs is 2. The van der Waals surface area contributed by atoms with Gasteiger partial charge in [-0.2, -0.15) is 0 Å². The van der Waals surface area contributed by atoms with Crippen LogP contribution in [0.1, 0.15) is 66.0 Å². The highest BCUT2D eigenvalue weighted by Gasteiger charge is 2.43. The Balaban J connectivity index is 1.86. The number of nitrogens with zero attached hydrogens (tertiary/aromatic N) is 1. The fraction of sp³-hybridized carbons (Fsp3) is 0.400. The van der Waals surface area contributed by atoms with Crippen molar-refractivity contribution in [3.05, 3.63) is 81.2 Å². The van der Waals surface area contributed by atoms with Crippen LogP contribution in [-0.4, -0.2) is 43.3 Å². The monoisotopic (exact) mass is 505 g/mol. The van der Waals surface area contributed by atoms with Crippen molar-refractivity contribution >= 4 is 16.9 Å². The number of hydrogen-bond acceptors (Lipinski definition) is 6. The zero-order valence-corrected chi connectivity index (χ0v) is 22.3. The molecule has 1 aromatic heterocycles. The van der Waals surface area contributed by atoms with Crippen molar-refractivity contribution in [2.75, 3.05) is 26.4 Å². The average Bonchev–Trinajstić information content (AvgIpc) is 3.12. The average molecular weight is 506 g/mol. The van der Waals surface area contributed by atoms with E-state index in [4.69, 9.17) is 18.6 Å². The van der Waals surface area contributed by atoms with Gasteiger partial charge < -0.3 is 23.5 Å². The first-order chi connectivity index (χ1) is 17.8. The lowest BCUT2D eigenvalue weighted by Crippen LogP contribution is -2.31. The lowest BCUT2D eigenvalue weighted by Gasteiger charge is -2.26. The second kappa shape index (κ2) is 11.2.